The van der Waals surface area contributed by atoms with E-state index in [9.17, 15) is 0 Å². The molecule has 0 bridgehead atoms. The van der Waals surface area contributed by atoms with Gasteiger partial charge in [-0.05, 0) is 54.3 Å². The molecular formula is C16H15N3OS. The summed E-state index contributed by atoms with van der Waals surface area (Å²) in [6.45, 7) is 2.14. The molecule has 0 spiro atoms. The molecule has 5 heteroatoms. The van der Waals surface area contributed by atoms with Gasteiger partial charge in [-0.3, -0.25) is 0 Å². The number of nitrogen functional groups attached to an aromatic ring is 1. The molecule has 4 nitrogen and oxygen atoms in total. The summed E-state index contributed by atoms with van der Waals surface area (Å²) in [4.78, 5) is 5.67. The number of benzene rings is 2. The van der Waals surface area contributed by atoms with E-state index in [-0.39, 0.29) is 0 Å². The molecule has 0 saturated carbocycles. The van der Waals surface area contributed by atoms with Crippen LogP contribution in [0.2, 0.25) is 0 Å². The highest BCUT2D eigenvalue weighted by Gasteiger charge is 2.10. The fraction of sp³-hybridized carbons (Fsp3) is 0.125. The fourth-order valence-electron chi connectivity index (χ4n) is 1.95. The van der Waals surface area contributed by atoms with Gasteiger partial charge in [-0.1, -0.05) is 12.1 Å². The Morgan fingerprint density at radius 3 is 2.33 bits per heavy atom. The van der Waals surface area contributed by atoms with E-state index in [1.807, 2.05) is 36.4 Å². The lowest BCUT2D eigenvalue weighted by Crippen LogP contribution is -1.84. The number of nitrogens with zero attached hydrogens (tertiary/aromatic N) is 2. The molecule has 0 fully saturated rings. The second-order valence-corrected chi connectivity index (χ2v) is 5.84. The molecule has 1 heterocycles. The van der Waals surface area contributed by atoms with Gasteiger partial charge in [0, 0.05) is 21.7 Å². The molecule has 0 aliphatic carbocycles. The first-order chi connectivity index (χ1) is 10.3. The highest BCUT2D eigenvalue weighted by Crippen LogP contribution is 2.25. The Hall–Kier alpha value is -2.27. The minimum atomic E-state index is 0.497. The summed E-state index contributed by atoms with van der Waals surface area (Å²) in [7, 11) is 0. The first-order valence-electron chi connectivity index (χ1n) is 6.69. The van der Waals surface area contributed by atoms with Gasteiger partial charge in [0.2, 0.25) is 5.82 Å². The first kappa shape index (κ1) is 13.7. The Bertz CT molecular complexity index is 720. The molecular weight excluding hydrogens is 282 g/mol. The maximum absolute atomic E-state index is 5.67. The Labute approximate surface area is 127 Å². The van der Waals surface area contributed by atoms with Crippen LogP contribution in [0.4, 0.5) is 5.69 Å². The summed E-state index contributed by atoms with van der Waals surface area (Å²) < 4.78 is 5.32. The number of anilines is 1. The van der Waals surface area contributed by atoms with E-state index in [1.165, 1.54) is 4.90 Å². The lowest BCUT2D eigenvalue weighted by molar-refractivity contribution is 0.432. The van der Waals surface area contributed by atoms with Crippen molar-refractivity contribution in [3.8, 4) is 22.8 Å². The number of aromatic nitrogens is 2. The topological polar surface area (TPSA) is 64.9 Å². The molecule has 1 aromatic heterocycles. The van der Waals surface area contributed by atoms with Gasteiger partial charge in [-0.25, -0.2) is 0 Å². The molecule has 0 unspecified atom stereocenters. The van der Waals surface area contributed by atoms with E-state index in [2.05, 4.69) is 29.2 Å². The van der Waals surface area contributed by atoms with Crippen molar-refractivity contribution < 1.29 is 4.52 Å². The van der Waals surface area contributed by atoms with Crippen molar-refractivity contribution in [1.82, 2.24) is 10.1 Å². The van der Waals surface area contributed by atoms with E-state index in [1.54, 1.807) is 11.8 Å². The smallest absolute Gasteiger partial charge is 0.258 e. The normalized spacial score (nSPS) is 10.7. The van der Waals surface area contributed by atoms with E-state index in [0.29, 0.717) is 17.4 Å². The minimum absolute atomic E-state index is 0.497. The Morgan fingerprint density at radius 2 is 1.67 bits per heavy atom. The summed E-state index contributed by atoms with van der Waals surface area (Å²) in [5.74, 6) is 2.15. The molecule has 0 saturated heterocycles. The van der Waals surface area contributed by atoms with Crippen LogP contribution >= 0.6 is 11.8 Å². The first-order valence-corrected chi connectivity index (χ1v) is 7.67. The van der Waals surface area contributed by atoms with Gasteiger partial charge in [0.05, 0.1) is 0 Å². The summed E-state index contributed by atoms with van der Waals surface area (Å²) in [6, 6.07) is 15.5. The molecule has 0 atom stereocenters. The van der Waals surface area contributed by atoms with Crippen LogP contribution in [0.15, 0.2) is 57.9 Å². The number of thioether (sulfide) groups is 1. The van der Waals surface area contributed by atoms with E-state index >= 15 is 0 Å². The largest absolute Gasteiger partial charge is 0.399 e. The second-order valence-electron chi connectivity index (χ2n) is 4.50. The Kier molecular flexibility index (Phi) is 3.92. The third-order valence-electron chi connectivity index (χ3n) is 3.01. The van der Waals surface area contributed by atoms with Gasteiger partial charge in [0.15, 0.2) is 0 Å². The Balaban J connectivity index is 1.85. The third-order valence-corrected chi connectivity index (χ3v) is 3.90. The van der Waals surface area contributed by atoms with Crippen molar-refractivity contribution in [2.24, 2.45) is 0 Å². The number of nitrogens with two attached hydrogens (primary N) is 1. The molecule has 21 heavy (non-hydrogen) atoms. The van der Waals surface area contributed by atoms with E-state index in [0.717, 1.165) is 16.9 Å². The maximum atomic E-state index is 5.67. The zero-order valence-electron chi connectivity index (χ0n) is 11.6. The molecule has 2 aromatic carbocycles. The zero-order valence-corrected chi connectivity index (χ0v) is 12.4. The van der Waals surface area contributed by atoms with Crippen LogP contribution in [0.1, 0.15) is 6.92 Å². The van der Waals surface area contributed by atoms with Crippen LogP contribution < -0.4 is 5.73 Å². The van der Waals surface area contributed by atoms with Gasteiger partial charge < -0.3 is 10.3 Å². The molecule has 0 amide bonds. The van der Waals surface area contributed by atoms with Crippen molar-refractivity contribution in [1.29, 1.82) is 0 Å². The van der Waals surface area contributed by atoms with Crippen LogP contribution in [0.5, 0.6) is 0 Å². The summed E-state index contributed by atoms with van der Waals surface area (Å²) >= 11 is 1.81. The van der Waals surface area contributed by atoms with Gasteiger partial charge >= 0.3 is 0 Å². The van der Waals surface area contributed by atoms with Crippen molar-refractivity contribution >= 4 is 17.4 Å². The average Bonchev–Trinajstić information content (AvgIpc) is 2.99. The highest BCUT2D eigenvalue weighted by molar-refractivity contribution is 7.99. The average molecular weight is 297 g/mol. The molecule has 0 aliphatic rings. The predicted octanol–water partition coefficient (Wildman–Crippen LogP) is 4.10. The van der Waals surface area contributed by atoms with Gasteiger partial charge in [-0.2, -0.15) is 4.98 Å². The van der Waals surface area contributed by atoms with Crippen molar-refractivity contribution in [3.05, 3.63) is 48.5 Å². The van der Waals surface area contributed by atoms with Crippen LogP contribution in [-0.4, -0.2) is 15.9 Å². The van der Waals surface area contributed by atoms with Crippen LogP contribution in [-0.2, 0) is 0 Å². The van der Waals surface area contributed by atoms with Crippen molar-refractivity contribution in [2.75, 3.05) is 11.5 Å². The van der Waals surface area contributed by atoms with Gasteiger partial charge in [0.1, 0.15) is 0 Å². The van der Waals surface area contributed by atoms with Gasteiger partial charge in [-0.15, -0.1) is 11.8 Å². The summed E-state index contributed by atoms with van der Waals surface area (Å²) in [5, 5.41) is 4.04. The number of hydrogen-bond acceptors (Lipinski definition) is 5. The lowest BCUT2D eigenvalue weighted by atomic mass is 10.2. The van der Waals surface area contributed by atoms with E-state index < -0.39 is 0 Å². The molecule has 2 N–H and O–H groups in total. The molecule has 3 rings (SSSR count). The molecule has 3 aromatic rings. The standard InChI is InChI=1S/C16H15N3OS/c1-2-21-14-9-5-11(6-10-14)15-18-16(20-19-15)12-3-7-13(17)8-4-12/h3-10H,2,17H2,1H3. The monoisotopic (exact) mass is 297 g/mol. The quantitative estimate of drug-likeness (QED) is 0.580. The maximum Gasteiger partial charge on any atom is 0.258 e. The third kappa shape index (κ3) is 3.08. The highest BCUT2D eigenvalue weighted by atomic mass is 32.2. The number of hydrogen-bond donors (Lipinski definition) is 1. The molecule has 0 radical (unpaired) electrons. The van der Waals surface area contributed by atoms with Crippen LogP contribution in [0.3, 0.4) is 0 Å². The molecule has 106 valence electrons. The van der Waals surface area contributed by atoms with Crippen LogP contribution in [0, 0.1) is 0 Å². The summed E-state index contributed by atoms with van der Waals surface area (Å²) in [6.07, 6.45) is 0. The van der Waals surface area contributed by atoms with E-state index in [4.69, 9.17) is 10.3 Å². The fourth-order valence-corrected chi connectivity index (χ4v) is 2.61. The summed E-state index contributed by atoms with van der Waals surface area (Å²) in [5.41, 5.74) is 8.19. The van der Waals surface area contributed by atoms with Gasteiger partial charge in [0.25, 0.3) is 5.89 Å². The zero-order chi connectivity index (χ0) is 14.7. The SMILES string of the molecule is CCSc1ccc(-c2noc(-c3ccc(N)cc3)n2)cc1. The van der Waals surface area contributed by atoms with Crippen molar-refractivity contribution in [2.45, 2.75) is 11.8 Å². The Morgan fingerprint density at radius 1 is 1.00 bits per heavy atom. The van der Waals surface area contributed by atoms with Crippen LogP contribution in [0.25, 0.3) is 22.8 Å². The minimum Gasteiger partial charge on any atom is -0.399 e. The molecule has 0 aliphatic heterocycles. The number of rotatable bonds is 4. The van der Waals surface area contributed by atoms with Crippen molar-refractivity contribution in [3.63, 3.8) is 0 Å². The predicted molar refractivity (Wildman–Crippen MR) is 86.0 cm³/mol. The second kappa shape index (κ2) is 6.01. The lowest BCUT2D eigenvalue weighted by Gasteiger charge is -1.98.